The number of hydrogen-bond acceptors (Lipinski definition) is 7. The third-order valence-corrected chi connectivity index (χ3v) is 4.18. The fourth-order valence-corrected chi connectivity index (χ4v) is 2.87. The summed E-state index contributed by atoms with van der Waals surface area (Å²) < 4.78 is 3.22. The van der Waals surface area contributed by atoms with Crippen LogP contribution in [0.5, 0.6) is 0 Å². The highest BCUT2D eigenvalue weighted by Gasteiger charge is 2.21. The SMILES string of the molecule is CNC(=O)c1nc(-c2nc(-c3cnn4ccccc34)c(C)nc2N)n(C)n1. The van der Waals surface area contributed by atoms with E-state index in [9.17, 15) is 4.79 Å². The van der Waals surface area contributed by atoms with Crippen LogP contribution in [-0.4, -0.2) is 47.3 Å². The lowest BCUT2D eigenvalue weighted by Crippen LogP contribution is -2.19. The summed E-state index contributed by atoms with van der Waals surface area (Å²) in [5.41, 5.74) is 9.50. The van der Waals surface area contributed by atoms with Gasteiger partial charge in [-0.1, -0.05) is 6.07 Å². The Bertz CT molecular complexity index is 1170. The van der Waals surface area contributed by atoms with E-state index in [1.165, 1.54) is 11.7 Å². The highest BCUT2D eigenvalue weighted by molar-refractivity contribution is 5.90. The van der Waals surface area contributed by atoms with Crippen LogP contribution in [0.15, 0.2) is 30.6 Å². The number of nitrogen functional groups attached to an aromatic ring is 1. The minimum atomic E-state index is -0.390. The van der Waals surface area contributed by atoms with E-state index < -0.39 is 5.91 Å². The quantitative estimate of drug-likeness (QED) is 0.552. The van der Waals surface area contributed by atoms with Gasteiger partial charge in [0, 0.05) is 25.9 Å². The molecule has 0 saturated carbocycles. The van der Waals surface area contributed by atoms with Crippen LogP contribution < -0.4 is 11.1 Å². The summed E-state index contributed by atoms with van der Waals surface area (Å²) in [7, 11) is 3.19. The number of aromatic nitrogens is 7. The normalized spacial score (nSPS) is 11.1. The number of carbonyl (C=O) groups is 1. The summed E-state index contributed by atoms with van der Waals surface area (Å²) in [6.07, 6.45) is 3.59. The molecule has 10 nitrogen and oxygen atoms in total. The number of aryl methyl sites for hydroxylation is 2. The first-order valence-electron chi connectivity index (χ1n) is 8.20. The van der Waals surface area contributed by atoms with Crippen molar-refractivity contribution in [2.24, 2.45) is 7.05 Å². The van der Waals surface area contributed by atoms with E-state index in [1.54, 1.807) is 17.8 Å². The van der Waals surface area contributed by atoms with Crippen LogP contribution in [0.4, 0.5) is 5.82 Å². The smallest absolute Gasteiger partial charge is 0.290 e. The summed E-state index contributed by atoms with van der Waals surface area (Å²) >= 11 is 0. The maximum Gasteiger partial charge on any atom is 0.290 e. The van der Waals surface area contributed by atoms with E-state index in [0.717, 1.165) is 11.1 Å². The molecule has 0 radical (unpaired) electrons. The average molecular weight is 363 g/mol. The molecule has 0 saturated heterocycles. The molecule has 0 aliphatic heterocycles. The van der Waals surface area contributed by atoms with Crippen LogP contribution in [0.2, 0.25) is 0 Å². The fourth-order valence-electron chi connectivity index (χ4n) is 2.87. The van der Waals surface area contributed by atoms with Crippen LogP contribution in [0, 0.1) is 6.92 Å². The summed E-state index contributed by atoms with van der Waals surface area (Å²) in [6.45, 7) is 1.83. The number of nitrogens with zero attached hydrogens (tertiary/aromatic N) is 7. The highest BCUT2D eigenvalue weighted by atomic mass is 16.2. The van der Waals surface area contributed by atoms with Crippen molar-refractivity contribution in [3.05, 3.63) is 42.1 Å². The number of hydrogen-bond donors (Lipinski definition) is 2. The number of rotatable bonds is 3. The predicted molar refractivity (Wildman–Crippen MR) is 98.8 cm³/mol. The lowest BCUT2D eigenvalue weighted by molar-refractivity contribution is 0.0952. The van der Waals surface area contributed by atoms with Gasteiger partial charge in [-0.25, -0.2) is 24.1 Å². The van der Waals surface area contributed by atoms with E-state index in [4.69, 9.17) is 10.7 Å². The molecule has 27 heavy (non-hydrogen) atoms. The molecule has 0 unspecified atom stereocenters. The molecular formula is C17H17N9O. The third kappa shape index (κ3) is 2.67. The number of nitrogens with two attached hydrogens (primary N) is 1. The second-order valence-corrected chi connectivity index (χ2v) is 5.94. The van der Waals surface area contributed by atoms with Crippen molar-refractivity contribution in [3.8, 4) is 22.8 Å². The lowest BCUT2D eigenvalue weighted by Gasteiger charge is -2.09. The van der Waals surface area contributed by atoms with Crippen molar-refractivity contribution in [3.63, 3.8) is 0 Å². The Kier molecular flexibility index (Phi) is 3.80. The molecule has 4 rings (SSSR count). The molecule has 4 aromatic heterocycles. The van der Waals surface area contributed by atoms with Gasteiger partial charge in [0.25, 0.3) is 5.91 Å². The van der Waals surface area contributed by atoms with Gasteiger partial charge >= 0.3 is 0 Å². The van der Waals surface area contributed by atoms with E-state index >= 15 is 0 Å². The molecule has 0 aliphatic rings. The molecule has 4 heterocycles. The molecule has 10 heteroatoms. The number of fused-ring (bicyclic) bond motifs is 1. The largest absolute Gasteiger partial charge is 0.382 e. The van der Waals surface area contributed by atoms with E-state index in [2.05, 4.69) is 25.5 Å². The van der Waals surface area contributed by atoms with Gasteiger partial charge in [0.2, 0.25) is 5.82 Å². The molecule has 0 atom stereocenters. The summed E-state index contributed by atoms with van der Waals surface area (Å²) in [5.74, 6) is 0.218. The van der Waals surface area contributed by atoms with Gasteiger partial charge in [0.05, 0.1) is 23.1 Å². The maximum atomic E-state index is 11.8. The highest BCUT2D eigenvalue weighted by Crippen LogP contribution is 2.29. The first-order valence-corrected chi connectivity index (χ1v) is 8.20. The first kappa shape index (κ1) is 16.6. The number of nitrogens with one attached hydrogen (secondary N) is 1. The van der Waals surface area contributed by atoms with Gasteiger partial charge in [-0.3, -0.25) is 4.79 Å². The van der Waals surface area contributed by atoms with Crippen molar-refractivity contribution in [2.45, 2.75) is 6.92 Å². The van der Waals surface area contributed by atoms with Crippen molar-refractivity contribution in [2.75, 3.05) is 12.8 Å². The van der Waals surface area contributed by atoms with E-state index in [-0.39, 0.29) is 11.6 Å². The standard InChI is InChI=1S/C17H17N9O/c1-9-12(10-8-20-26-7-5-4-6-11(10)26)22-13(14(18)21-9)16-23-15(17(27)19-2)24-25(16)3/h4-8H,1-3H3,(H2,18,21)(H,19,27). The number of amides is 1. The molecule has 0 fully saturated rings. The third-order valence-electron chi connectivity index (χ3n) is 4.18. The van der Waals surface area contributed by atoms with Crippen LogP contribution in [0.3, 0.4) is 0 Å². The Hall–Kier alpha value is -3.82. The fraction of sp³-hybridized carbons (Fsp3) is 0.176. The molecule has 1 amide bonds. The maximum absolute atomic E-state index is 11.8. The second-order valence-electron chi connectivity index (χ2n) is 5.94. The van der Waals surface area contributed by atoms with Gasteiger partial charge in [-0.2, -0.15) is 5.10 Å². The van der Waals surface area contributed by atoms with Crippen molar-refractivity contribution in [1.82, 2.24) is 39.7 Å². The first-order chi connectivity index (χ1) is 13.0. The monoisotopic (exact) mass is 363 g/mol. The van der Waals surface area contributed by atoms with Gasteiger partial charge in [-0.05, 0) is 19.1 Å². The van der Waals surface area contributed by atoms with Gasteiger partial charge < -0.3 is 11.1 Å². The zero-order chi connectivity index (χ0) is 19.1. The summed E-state index contributed by atoms with van der Waals surface area (Å²) in [4.78, 5) is 25.2. The summed E-state index contributed by atoms with van der Waals surface area (Å²) in [5, 5.41) is 11.0. The second kappa shape index (κ2) is 6.16. The van der Waals surface area contributed by atoms with E-state index in [1.807, 2.05) is 31.3 Å². The van der Waals surface area contributed by atoms with Crippen molar-refractivity contribution < 1.29 is 4.79 Å². The van der Waals surface area contributed by atoms with Crippen LogP contribution in [0.25, 0.3) is 28.3 Å². The topological polar surface area (TPSA) is 129 Å². The number of anilines is 1. The Labute approximate surface area is 154 Å². The lowest BCUT2D eigenvalue weighted by atomic mass is 10.1. The molecule has 0 aliphatic carbocycles. The molecule has 0 bridgehead atoms. The Morgan fingerprint density at radius 1 is 1.19 bits per heavy atom. The minimum Gasteiger partial charge on any atom is -0.382 e. The molecule has 0 spiro atoms. The average Bonchev–Trinajstić information content (AvgIpc) is 3.25. The van der Waals surface area contributed by atoms with Gasteiger partial charge in [-0.15, -0.1) is 5.10 Å². The van der Waals surface area contributed by atoms with Crippen molar-refractivity contribution >= 4 is 17.2 Å². The minimum absolute atomic E-state index is 0.0364. The predicted octanol–water partition coefficient (Wildman–Crippen LogP) is 0.837. The molecule has 0 aromatic carbocycles. The van der Waals surface area contributed by atoms with E-state index in [0.29, 0.717) is 22.9 Å². The van der Waals surface area contributed by atoms with Gasteiger partial charge in [0.1, 0.15) is 0 Å². The number of pyridine rings is 1. The molecule has 4 aromatic rings. The number of carbonyl (C=O) groups excluding carboxylic acids is 1. The van der Waals surface area contributed by atoms with Gasteiger partial charge in [0.15, 0.2) is 17.3 Å². The zero-order valence-electron chi connectivity index (χ0n) is 15.0. The van der Waals surface area contributed by atoms with Crippen LogP contribution in [0.1, 0.15) is 16.3 Å². The molecule has 136 valence electrons. The van der Waals surface area contributed by atoms with Crippen LogP contribution >= 0.6 is 0 Å². The molecular weight excluding hydrogens is 346 g/mol. The zero-order valence-corrected chi connectivity index (χ0v) is 15.0. The van der Waals surface area contributed by atoms with Crippen molar-refractivity contribution in [1.29, 1.82) is 0 Å². The Morgan fingerprint density at radius 2 is 2.00 bits per heavy atom. The Morgan fingerprint density at radius 3 is 2.78 bits per heavy atom. The van der Waals surface area contributed by atoms with Crippen LogP contribution in [-0.2, 0) is 7.05 Å². The molecule has 3 N–H and O–H groups in total. The Balaban J connectivity index is 1.90. The summed E-state index contributed by atoms with van der Waals surface area (Å²) in [6, 6.07) is 5.78.